The largest absolute Gasteiger partial charge is 0.399 e. The zero-order chi connectivity index (χ0) is 15.7. The Morgan fingerprint density at radius 2 is 2.14 bits per heavy atom. The number of imidazole rings is 1. The Morgan fingerprint density at radius 1 is 1.32 bits per heavy atom. The number of rotatable bonds is 3. The van der Waals surface area contributed by atoms with Crippen LogP contribution in [0.2, 0.25) is 0 Å². The second kappa shape index (κ2) is 5.48. The number of nitrogens with one attached hydrogen (secondary N) is 2. The highest BCUT2D eigenvalue weighted by molar-refractivity contribution is 5.93. The van der Waals surface area contributed by atoms with Crippen molar-refractivity contribution in [3.05, 3.63) is 53.6 Å². The summed E-state index contributed by atoms with van der Waals surface area (Å²) in [5.74, 6) is 0.425. The van der Waals surface area contributed by atoms with Gasteiger partial charge in [0.1, 0.15) is 11.5 Å². The SMILES string of the molecule is Cc1ccc2nc([C@@H](C)NC(=O)c3cc(N)ccn3)[nH]c2c1. The standard InChI is InChI=1S/C16H17N5O/c1-9-3-4-12-13(7-9)21-15(20-12)10(2)19-16(22)14-8-11(17)5-6-18-14/h3-8,10H,1-2H3,(H2,17,18)(H,19,22)(H,20,21)/t10-/m1/s1. The predicted molar refractivity (Wildman–Crippen MR) is 85.4 cm³/mol. The molecular weight excluding hydrogens is 278 g/mol. The van der Waals surface area contributed by atoms with Crippen LogP contribution in [0.3, 0.4) is 0 Å². The summed E-state index contributed by atoms with van der Waals surface area (Å²) in [5.41, 5.74) is 9.45. The molecule has 0 fully saturated rings. The number of anilines is 1. The third-order valence-electron chi connectivity index (χ3n) is 3.43. The molecule has 4 N–H and O–H groups in total. The van der Waals surface area contributed by atoms with Crippen LogP contribution in [-0.4, -0.2) is 20.9 Å². The molecule has 0 aliphatic heterocycles. The maximum absolute atomic E-state index is 12.2. The zero-order valence-electron chi connectivity index (χ0n) is 12.4. The van der Waals surface area contributed by atoms with Crippen LogP contribution in [0, 0.1) is 6.92 Å². The summed E-state index contributed by atoms with van der Waals surface area (Å²) in [6.45, 7) is 3.89. The second-order valence-electron chi connectivity index (χ2n) is 5.31. The molecule has 2 aromatic heterocycles. The van der Waals surface area contributed by atoms with Crippen LogP contribution >= 0.6 is 0 Å². The van der Waals surface area contributed by atoms with E-state index in [-0.39, 0.29) is 11.9 Å². The van der Waals surface area contributed by atoms with Gasteiger partial charge in [0.15, 0.2) is 0 Å². The first kappa shape index (κ1) is 14.1. The van der Waals surface area contributed by atoms with Crippen molar-refractivity contribution in [3.63, 3.8) is 0 Å². The number of aromatic nitrogens is 3. The number of nitrogens with two attached hydrogens (primary N) is 1. The quantitative estimate of drug-likeness (QED) is 0.691. The lowest BCUT2D eigenvalue weighted by molar-refractivity contribution is 0.0933. The van der Waals surface area contributed by atoms with Gasteiger partial charge in [-0.05, 0) is 43.7 Å². The van der Waals surface area contributed by atoms with E-state index in [4.69, 9.17) is 5.73 Å². The monoisotopic (exact) mass is 295 g/mol. The molecular formula is C16H17N5O. The molecule has 1 amide bonds. The predicted octanol–water partition coefficient (Wildman–Crippen LogP) is 2.34. The fraction of sp³-hybridized carbons (Fsp3) is 0.188. The van der Waals surface area contributed by atoms with E-state index in [1.54, 1.807) is 12.1 Å². The summed E-state index contributed by atoms with van der Waals surface area (Å²) in [4.78, 5) is 23.9. The van der Waals surface area contributed by atoms with Gasteiger partial charge >= 0.3 is 0 Å². The van der Waals surface area contributed by atoms with Crippen LogP contribution in [0.1, 0.15) is 34.8 Å². The Bertz CT molecular complexity index is 839. The van der Waals surface area contributed by atoms with Crippen molar-refractivity contribution in [2.24, 2.45) is 0 Å². The molecule has 22 heavy (non-hydrogen) atoms. The molecule has 1 aromatic carbocycles. The number of benzene rings is 1. The minimum Gasteiger partial charge on any atom is -0.399 e. The number of pyridine rings is 1. The molecule has 0 radical (unpaired) electrons. The van der Waals surface area contributed by atoms with E-state index in [9.17, 15) is 4.79 Å². The number of hydrogen-bond donors (Lipinski definition) is 3. The number of hydrogen-bond acceptors (Lipinski definition) is 4. The number of aryl methyl sites for hydroxylation is 1. The smallest absolute Gasteiger partial charge is 0.270 e. The van der Waals surface area contributed by atoms with Crippen LogP contribution in [0.15, 0.2) is 36.5 Å². The number of carbonyl (C=O) groups excluding carboxylic acids is 1. The van der Waals surface area contributed by atoms with Gasteiger partial charge in [-0.25, -0.2) is 4.98 Å². The Morgan fingerprint density at radius 3 is 2.91 bits per heavy atom. The fourth-order valence-corrected chi connectivity index (χ4v) is 2.26. The van der Waals surface area contributed by atoms with Crippen LogP contribution in [-0.2, 0) is 0 Å². The van der Waals surface area contributed by atoms with Gasteiger partial charge in [-0.1, -0.05) is 6.07 Å². The summed E-state index contributed by atoms with van der Waals surface area (Å²) >= 11 is 0. The summed E-state index contributed by atoms with van der Waals surface area (Å²) in [6, 6.07) is 8.92. The maximum atomic E-state index is 12.2. The highest BCUT2D eigenvalue weighted by Gasteiger charge is 2.15. The van der Waals surface area contributed by atoms with Crippen molar-refractivity contribution in [1.29, 1.82) is 0 Å². The number of amides is 1. The molecule has 0 aliphatic carbocycles. The van der Waals surface area contributed by atoms with Gasteiger partial charge in [0.25, 0.3) is 5.91 Å². The van der Waals surface area contributed by atoms with Gasteiger partial charge < -0.3 is 16.0 Å². The van der Waals surface area contributed by atoms with Gasteiger partial charge in [0, 0.05) is 11.9 Å². The molecule has 2 heterocycles. The van der Waals surface area contributed by atoms with Gasteiger partial charge in [0.05, 0.1) is 17.1 Å². The molecule has 0 saturated heterocycles. The number of nitrogen functional groups attached to an aromatic ring is 1. The van der Waals surface area contributed by atoms with E-state index in [2.05, 4.69) is 20.3 Å². The van der Waals surface area contributed by atoms with E-state index in [1.165, 1.54) is 6.20 Å². The van der Waals surface area contributed by atoms with Crippen LogP contribution < -0.4 is 11.1 Å². The van der Waals surface area contributed by atoms with E-state index >= 15 is 0 Å². The van der Waals surface area contributed by atoms with Crippen molar-refractivity contribution >= 4 is 22.6 Å². The van der Waals surface area contributed by atoms with Gasteiger partial charge in [0.2, 0.25) is 0 Å². The van der Waals surface area contributed by atoms with E-state index in [0.717, 1.165) is 16.6 Å². The molecule has 0 bridgehead atoms. The van der Waals surface area contributed by atoms with Crippen molar-refractivity contribution in [2.45, 2.75) is 19.9 Å². The lowest BCUT2D eigenvalue weighted by Gasteiger charge is -2.11. The minimum atomic E-state index is -0.281. The molecule has 0 spiro atoms. The number of nitrogens with zero attached hydrogens (tertiary/aromatic N) is 2. The average Bonchev–Trinajstić information content (AvgIpc) is 2.90. The third-order valence-corrected chi connectivity index (χ3v) is 3.43. The highest BCUT2D eigenvalue weighted by atomic mass is 16.1. The first-order valence-electron chi connectivity index (χ1n) is 7.01. The number of aromatic amines is 1. The van der Waals surface area contributed by atoms with Crippen LogP contribution in [0.25, 0.3) is 11.0 Å². The number of fused-ring (bicyclic) bond motifs is 1. The molecule has 0 saturated carbocycles. The third kappa shape index (κ3) is 2.76. The fourth-order valence-electron chi connectivity index (χ4n) is 2.26. The van der Waals surface area contributed by atoms with Gasteiger partial charge in [-0.2, -0.15) is 0 Å². The Labute approximate surface area is 127 Å². The maximum Gasteiger partial charge on any atom is 0.270 e. The molecule has 0 aliphatic rings. The minimum absolute atomic E-state index is 0.261. The summed E-state index contributed by atoms with van der Waals surface area (Å²) in [7, 11) is 0. The van der Waals surface area contributed by atoms with E-state index < -0.39 is 0 Å². The molecule has 6 heteroatoms. The molecule has 3 aromatic rings. The van der Waals surface area contributed by atoms with Crippen molar-refractivity contribution in [3.8, 4) is 0 Å². The number of carbonyl (C=O) groups is 1. The Balaban J connectivity index is 1.80. The second-order valence-corrected chi connectivity index (χ2v) is 5.31. The van der Waals surface area contributed by atoms with E-state index in [0.29, 0.717) is 17.2 Å². The molecule has 1 atom stereocenters. The molecule has 0 unspecified atom stereocenters. The van der Waals surface area contributed by atoms with Crippen LogP contribution in [0.4, 0.5) is 5.69 Å². The average molecular weight is 295 g/mol. The lowest BCUT2D eigenvalue weighted by Crippen LogP contribution is -2.28. The Hall–Kier alpha value is -2.89. The van der Waals surface area contributed by atoms with Crippen molar-refractivity contribution in [1.82, 2.24) is 20.3 Å². The summed E-state index contributed by atoms with van der Waals surface area (Å²) in [6.07, 6.45) is 1.51. The lowest BCUT2D eigenvalue weighted by atomic mass is 10.2. The van der Waals surface area contributed by atoms with Crippen molar-refractivity contribution in [2.75, 3.05) is 5.73 Å². The first-order chi connectivity index (χ1) is 10.5. The highest BCUT2D eigenvalue weighted by Crippen LogP contribution is 2.17. The molecule has 6 nitrogen and oxygen atoms in total. The zero-order valence-corrected chi connectivity index (χ0v) is 12.4. The van der Waals surface area contributed by atoms with Gasteiger partial charge in [-0.15, -0.1) is 0 Å². The first-order valence-corrected chi connectivity index (χ1v) is 7.01. The van der Waals surface area contributed by atoms with Gasteiger partial charge in [-0.3, -0.25) is 9.78 Å². The van der Waals surface area contributed by atoms with Crippen molar-refractivity contribution < 1.29 is 4.79 Å². The number of H-pyrrole nitrogens is 1. The summed E-state index contributed by atoms with van der Waals surface area (Å²) < 4.78 is 0. The van der Waals surface area contributed by atoms with Crippen LogP contribution in [0.5, 0.6) is 0 Å². The molecule has 3 rings (SSSR count). The molecule has 112 valence electrons. The Kier molecular flexibility index (Phi) is 3.50. The van der Waals surface area contributed by atoms with E-state index in [1.807, 2.05) is 32.0 Å². The topological polar surface area (TPSA) is 96.7 Å². The summed E-state index contributed by atoms with van der Waals surface area (Å²) in [5, 5.41) is 2.86. The normalized spacial score (nSPS) is 12.3.